The van der Waals surface area contributed by atoms with Crippen LogP contribution >= 0.6 is 0 Å². The molecule has 4 aliphatic rings. The van der Waals surface area contributed by atoms with Crippen LogP contribution < -0.4 is 10.1 Å². The highest BCUT2D eigenvalue weighted by Gasteiger charge is 2.42. The topological polar surface area (TPSA) is 91.4 Å². The predicted molar refractivity (Wildman–Crippen MR) is 144 cm³/mol. The fraction of sp³-hybridized carbons (Fsp3) is 0.500. The Morgan fingerprint density at radius 3 is 2.59 bits per heavy atom. The van der Waals surface area contributed by atoms with E-state index in [0.717, 1.165) is 57.1 Å². The highest BCUT2D eigenvalue weighted by Crippen LogP contribution is 2.32. The molecule has 0 spiro atoms. The molecule has 4 heterocycles. The summed E-state index contributed by atoms with van der Waals surface area (Å²) in [5.41, 5.74) is 2.75. The lowest BCUT2D eigenvalue weighted by atomic mass is 9.95. The molecule has 9 heteroatoms. The van der Waals surface area contributed by atoms with Crippen LogP contribution in [0.2, 0.25) is 0 Å². The molecule has 4 aliphatic heterocycles. The minimum atomic E-state index is -0.619. The zero-order valence-corrected chi connectivity index (χ0v) is 22.4. The van der Waals surface area contributed by atoms with E-state index < -0.39 is 11.9 Å². The lowest BCUT2D eigenvalue weighted by molar-refractivity contribution is -0.136. The molecule has 3 fully saturated rings. The van der Waals surface area contributed by atoms with Crippen LogP contribution in [0.3, 0.4) is 0 Å². The van der Waals surface area contributed by atoms with Crippen molar-refractivity contribution in [3.63, 3.8) is 0 Å². The Morgan fingerprint density at radius 2 is 1.82 bits per heavy atom. The summed E-state index contributed by atoms with van der Waals surface area (Å²) >= 11 is 0. The number of carbonyl (C=O) groups excluding carboxylic acids is 3. The molecule has 3 saturated heterocycles. The second-order valence-electron chi connectivity index (χ2n) is 11.0. The van der Waals surface area contributed by atoms with Crippen LogP contribution in [-0.4, -0.2) is 89.5 Å². The predicted octanol–water partition coefficient (Wildman–Crippen LogP) is 2.19. The molecular weight excluding hydrogens is 496 g/mol. The number of carbonyl (C=O) groups is 3. The van der Waals surface area contributed by atoms with Gasteiger partial charge in [0.1, 0.15) is 17.9 Å². The minimum Gasteiger partial charge on any atom is -0.487 e. The Bertz CT molecular complexity index is 1230. The number of piperidine rings is 2. The maximum Gasteiger partial charge on any atom is 0.255 e. The summed E-state index contributed by atoms with van der Waals surface area (Å²) in [4.78, 5) is 43.6. The fourth-order valence-electron chi connectivity index (χ4n) is 6.37. The number of hydrogen-bond acceptors (Lipinski definition) is 7. The smallest absolute Gasteiger partial charge is 0.255 e. The van der Waals surface area contributed by atoms with Crippen molar-refractivity contribution in [2.45, 2.75) is 63.6 Å². The zero-order valence-electron chi connectivity index (χ0n) is 22.4. The van der Waals surface area contributed by atoms with Gasteiger partial charge in [-0.1, -0.05) is 30.3 Å². The lowest BCUT2D eigenvalue weighted by Gasteiger charge is -2.49. The van der Waals surface area contributed by atoms with Crippen molar-refractivity contribution in [3.05, 3.63) is 65.2 Å². The Kier molecular flexibility index (Phi) is 7.38. The number of amides is 3. The summed E-state index contributed by atoms with van der Waals surface area (Å²) in [6.45, 7) is 7.67. The average Bonchev–Trinajstić information content (AvgIpc) is 3.22. The molecule has 3 amide bonds. The van der Waals surface area contributed by atoms with E-state index in [9.17, 15) is 14.4 Å². The number of rotatable bonds is 8. The van der Waals surface area contributed by atoms with Gasteiger partial charge in [0, 0.05) is 63.9 Å². The molecule has 3 atom stereocenters. The van der Waals surface area contributed by atoms with Crippen LogP contribution in [0.1, 0.15) is 47.7 Å². The van der Waals surface area contributed by atoms with E-state index in [2.05, 4.69) is 39.4 Å². The molecule has 0 saturated carbocycles. The summed E-state index contributed by atoms with van der Waals surface area (Å²) in [5.74, 6) is -0.107. The first kappa shape index (κ1) is 26.0. The molecular formula is C30H36N4O5. The highest BCUT2D eigenvalue weighted by molar-refractivity contribution is 6.05. The molecule has 0 radical (unpaired) electrons. The normalized spacial score (nSPS) is 26.3. The summed E-state index contributed by atoms with van der Waals surface area (Å²) in [5, 5.41) is 2.36. The van der Waals surface area contributed by atoms with Gasteiger partial charge in [-0.3, -0.25) is 29.5 Å². The molecule has 9 nitrogen and oxygen atoms in total. The highest BCUT2D eigenvalue weighted by atomic mass is 16.5. The molecule has 206 valence electrons. The van der Waals surface area contributed by atoms with Gasteiger partial charge in [0.25, 0.3) is 5.91 Å². The van der Waals surface area contributed by atoms with Gasteiger partial charge in [-0.15, -0.1) is 0 Å². The van der Waals surface area contributed by atoms with Crippen LogP contribution in [0.4, 0.5) is 0 Å². The first-order valence-corrected chi connectivity index (χ1v) is 14.0. The van der Waals surface area contributed by atoms with Crippen molar-refractivity contribution >= 4 is 17.7 Å². The number of hydrogen-bond donors (Lipinski definition) is 1. The van der Waals surface area contributed by atoms with E-state index in [4.69, 9.17) is 9.47 Å². The summed E-state index contributed by atoms with van der Waals surface area (Å²) in [6, 6.07) is 15.8. The minimum absolute atomic E-state index is 0.0218. The third-order valence-electron chi connectivity index (χ3n) is 8.39. The number of benzene rings is 2. The first-order chi connectivity index (χ1) is 19.0. The van der Waals surface area contributed by atoms with Crippen LogP contribution in [0.5, 0.6) is 5.75 Å². The van der Waals surface area contributed by atoms with Gasteiger partial charge in [0.2, 0.25) is 11.8 Å². The zero-order chi connectivity index (χ0) is 26.9. The number of fused-ring (bicyclic) bond motifs is 1. The van der Waals surface area contributed by atoms with Crippen LogP contribution in [0, 0.1) is 0 Å². The van der Waals surface area contributed by atoms with E-state index in [-0.39, 0.29) is 24.3 Å². The van der Waals surface area contributed by atoms with Crippen LogP contribution in [-0.2, 0) is 27.4 Å². The molecule has 0 bridgehead atoms. The van der Waals surface area contributed by atoms with Gasteiger partial charge in [0.15, 0.2) is 0 Å². The third kappa shape index (κ3) is 5.44. The second kappa shape index (κ2) is 11.1. The molecule has 6 rings (SSSR count). The van der Waals surface area contributed by atoms with Gasteiger partial charge < -0.3 is 14.4 Å². The number of nitrogens with one attached hydrogen (secondary N) is 1. The van der Waals surface area contributed by atoms with Crippen molar-refractivity contribution in [2.75, 3.05) is 32.8 Å². The van der Waals surface area contributed by atoms with Crippen LogP contribution in [0.25, 0.3) is 0 Å². The van der Waals surface area contributed by atoms with Gasteiger partial charge in [-0.05, 0) is 49.1 Å². The summed E-state index contributed by atoms with van der Waals surface area (Å²) < 4.78 is 12.5. The Balaban J connectivity index is 1.16. The number of imide groups is 1. The first-order valence-electron chi connectivity index (χ1n) is 14.0. The second-order valence-corrected chi connectivity index (χ2v) is 11.0. The average molecular weight is 533 g/mol. The molecule has 39 heavy (non-hydrogen) atoms. The monoisotopic (exact) mass is 532 g/mol. The van der Waals surface area contributed by atoms with E-state index in [1.807, 2.05) is 31.2 Å². The Labute approximate surface area is 229 Å². The fourth-order valence-corrected chi connectivity index (χ4v) is 6.37. The summed E-state index contributed by atoms with van der Waals surface area (Å²) in [6.07, 6.45) is 1.89. The molecule has 0 aromatic heterocycles. The standard InChI is InChI=1S/C30H36N4O5/c1-2-38-23-17-33(18-23)25-12-13-32(15-20-6-4-3-5-7-20)19-27(25)39-22-8-9-24-21(14-22)16-34(30(24)37)26-10-11-28(35)31-29(26)36/h3-9,14,23,25-27H,2,10-13,15-19H2,1H3,(H,31,35,36)/t25-,26?,27-/m0/s1. The quantitative estimate of drug-likeness (QED) is 0.521. The van der Waals surface area contributed by atoms with E-state index in [0.29, 0.717) is 30.7 Å². The van der Waals surface area contributed by atoms with Gasteiger partial charge in [-0.2, -0.15) is 0 Å². The third-order valence-corrected chi connectivity index (χ3v) is 8.39. The number of ether oxygens (including phenoxy) is 2. The number of likely N-dealkylation sites (tertiary alicyclic amines) is 2. The Hall–Kier alpha value is -3.27. The van der Waals surface area contributed by atoms with Crippen molar-refractivity contribution in [3.8, 4) is 5.75 Å². The van der Waals surface area contributed by atoms with Gasteiger partial charge in [0.05, 0.1) is 6.10 Å². The van der Waals surface area contributed by atoms with Crippen molar-refractivity contribution < 1.29 is 23.9 Å². The maximum absolute atomic E-state index is 13.1. The van der Waals surface area contributed by atoms with E-state index in [1.54, 1.807) is 4.90 Å². The van der Waals surface area contributed by atoms with Gasteiger partial charge >= 0.3 is 0 Å². The molecule has 2 aromatic rings. The molecule has 1 unspecified atom stereocenters. The molecule has 2 aromatic carbocycles. The van der Waals surface area contributed by atoms with E-state index in [1.165, 1.54) is 5.56 Å². The maximum atomic E-state index is 13.1. The molecule has 1 N–H and O–H groups in total. The van der Waals surface area contributed by atoms with Crippen molar-refractivity contribution in [1.29, 1.82) is 0 Å². The number of nitrogens with zero attached hydrogens (tertiary/aromatic N) is 3. The Morgan fingerprint density at radius 1 is 1.00 bits per heavy atom. The summed E-state index contributed by atoms with van der Waals surface area (Å²) in [7, 11) is 0. The van der Waals surface area contributed by atoms with Crippen molar-refractivity contribution in [1.82, 2.24) is 20.0 Å². The van der Waals surface area contributed by atoms with E-state index >= 15 is 0 Å². The van der Waals surface area contributed by atoms with Crippen molar-refractivity contribution in [2.24, 2.45) is 0 Å². The van der Waals surface area contributed by atoms with Gasteiger partial charge in [-0.25, -0.2) is 0 Å². The van der Waals surface area contributed by atoms with Crippen LogP contribution in [0.15, 0.2) is 48.5 Å². The lowest BCUT2D eigenvalue weighted by Crippen LogP contribution is -2.64. The SMILES string of the molecule is CCOC1CN([C@H]2CCN(Cc3ccccc3)C[C@@H]2Oc2ccc3c(c2)CN(C2CCC(=O)NC2=O)C3=O)C1. The largest absolute Gasteiger partial charge is 0.487 e. The molecule has 0 aliphatic carbocycles.